The molecule has 0 heterocycles. The van der Waals surface area contributed by atoms with Crippen LogP contribution in [0.5, 0.6) is 0 Å². The van der Waals surface area contributed by atoms with Crippen LogP contribution < -0.4 is 5.73 Å². The molecule has 1 rings (SSSR count). The Balaban J connectivity index is 2.42. The van der Waals surface area contributed by atoms with Crippen molar-refractivity contribution in [3.63, 3.8) is 0 Å². The summed E-state index contributed by atoms with van der Waals surface area (Å²) in [6.45, 7) is 1.95. The van der Waals surface area contributed by atoms with E-state index in [1.54, 1.807) is 6.92 Å². The first-order valence-corrected chi connectivity index (χ1v) is 3.10. The Kier molecular flexibility index (Phi) is 1.28. The van der Waals surface area contributed by atoms with Crippen LogP contribution in [0.15, 0.2) is 0 Å². The van der Waals surface area contributed by atoms with Crippen molar-refractivity contribution in [2.24, 2.45) is 11.1 Å². The van der Waals surface area contributed by atoms with Crippen LogP contribution in [0.1, 0.15) is 19.8 Å². The molecule has 1 nitrogen and oxygen atoms in total. The van der Waals surface area contributed by atoms with E-state index >= 15 is 0 Å². The van der Waals surface area contributed by atoms with Gasteiger partial charge in [0, 0.05) is 11.8 Å². The molecule has 0 spiro atoms. The van der Waals surface area contributed by atoms with Gasteiger partial charge < -0.3 is 5.73 Å². The highest BCUT2D eigenvalue weighted by atomic mass is 19.3. The zero-order valence-electron chi connectivity index (χ0n) is 5.45. The fourth-order valence-electron chi connectivity index (χ4n) is 1.04. The van der Waals surface area contributed by atoms with Crippen molar-refractivity contribution in [2.45, 2.75) is 25.7 Å². The summed E-state index contributed by atoms with van der Waals surface area (Å²) in [5.41, 5.74) is 4.38. The lowest BCUT2D eigenvalue weighted by Crippen LogP contribution is -2.12. The van der Waals surface area contributed by atoms with Crippen LogP contribution in [0.2, 0.25) is 0 Å². The molecule has 0 unspecified atom stereocenters. The molecule has 9 heavy (non-hydrogen) atoms. The molecule has 1 aliphatic carbocycles. The van der Waals surface area contributed by atoms with Gasteiger partial charge in [0.1, 0.15) is 0 Å². The van der Waals surface area contributed by atoms with Crippen molar-refractivity contribution in [3.05, 3.63) is 0 Å². The van der Waals surface area contributed by atoms with Crippen LogP contribution in [0, 0.1) is 5.41 Å². The molecule has 0 bridgehead atoms. The van der Waals surface area contributed by atoms with E-state index < -0.39 is 11.3 Å². The summed E-state index contributed by atoms with van der Waals surface area (Å²) < 4.78 is 24.6. The smallest absolute Gasteiger partial charge is 0.254 e. The molecule has 1 atom stereocenters. The van der Waals surface area contributed by atoms with Gasteiger partial charge in [-0.2, -0.15) is 0 Å². The molecular weight excluding hydrogens is 124 g/mol. The summed E-state index contributed by atoms with van der Waals surface area (Å²) in [7, 11) is 0. The fourth-order valence-corrected chi connectivity index (χ4v) is 1.04. The third-order valence-electron chi connectivity index (χ3n) is 2.07. The van der Waals surface area contributed by atoms with Gasteiger partial charge in [0.2, 0.25) is 0 Å². The quantitative estimate of drug-likeness (QED) is 0.608. The summed E-state index contributed by atoms with van der Waals surface area (Å²) in [6.07, 6.45) is 0.469. The maximum absolute atomic E-state index is 12.3. The van der Waals surface area contributed by atoms with E-state index in [2.05, 4.69) is 0 Å². The van der Waals surface area contributed by atoms with Crippen LogP contribution in [0.3, 0.4) is 0 Å². The molecule has 0 aliphatic heterocycles. The van der Waals surface area contributed by atoms with E-state index in [9.17, 15) is 8.78 Å². The summed E-state index contributed by atoms with van der Waals surface area (Å²) >= 11 is 0. The topological polar surface area (TPSA) is 26.0 Å². The average molecular weight is 135 g/mol. The van der Waals surface area contributed by atoms with Gasteiger partial charge >= 0.3 is 0 Å². The van der Waals surface area contributed by atoms with Crippen molar-refractivity contribution in [2.75, 3.05) is 6.54 Å². The molecule has 2 N–H and O–H groups in total. The van der Waals surface area contributed by atoms with Crippen LogP contribution in [-0.4, -0.2) is 12.5 Å². The zero-order chi connectivity index (χ0) is 7.12. The number of halogens is 2. The third kappa shape index (κ3) is 0.936. The highest BCUT2D eigenvalue weighted by Gasteiger charge is 2.66. The van der Waals surface area contributed by atoms with E-state index in [-0.39, 0.29) is 6.42 Å². The number of rotatable bonds is 2. The number of hydrogen-bond acceptors (Lipinski definition) is 1. The molecule has 3 heteroatoms. The largest absolute Gasteiger partial charge is 0.330 e. The van der Waals surface area contributed by atoms with Gasteiger partial charge in [-0.1, -0.05) is 6.92 Å². The van der Waals surface area contributed by atoms with Crippen molar-refractivity contribution >= 4 is 0 Å². The molecule has 0 saturated heterocycles. The second kappa shape index (κ2) is 1.66. The standard InChI is InChI=1S/C6H11F2N/c1-5(2-3-9)4-6(5,7)8/h2-4,9H2,1H3/t5-/m0/s1. The number of hydrogen-bond donors (Lipinski definition) is 1. The molecule has 0 amide bonds. The van der Waals surface area contributed by atoms with E-state index in [0.29, 0.717) is 13.0 Å². The summed E-state index contributed by atoms with van der Waals surface area (Å²) in [6, 6.07) is 0. The van der Waals surface area contributed by atoms with Crippen molar-refractivity contribution in [1.82, 2.24) is 0 Å². The summed E-state index contributed by atoms with van der Waals surface area (Å²) in [5, 5.41) is 0. The van der Waals surface area contributed by atoms with Gasteiger partial charge in [-0.05, 0) is 13.0 Å². The molecule has 0 aromatic rings. The van der Waals surface area contributed by atoms with Crippen molar-refractivity contribution in [3.8, 4) is 0 Å². The van der Waals surface area contributed by atoms with E-state index in [0.717, 1.165) is 0 Å². The first-order valence-electron chi connectivity index (χ1n) is 3.10. The van der Waals surface area contributed by atoms with E-state index in [1.165, 1.54) is 0 Å². The van der Waals surface area contributed by atoms with Gasteiger partial charge in [-0.3, -0.25) is 0 Å². The number of nitrogens with two attached hydrogens (primary N) is 1. The zero-order valence-corrected chi connectivity index (χ0v) is 5.45. The molecular formula is C6H11F2N. The SMILES string of the molecule is C[C@]1(CCN)CC1(F)F. The molecule has 0 radical (unpaired) electrons. The van der Waals surface area contributed by atoms with Crippen LogP contribution in [0.4, 0.5) is 8.78 Å². The van der Waals surface area contributed by atoms with E-state index in [4.69, 9.17) is 5.73 Å². The highest BCUT2D eigenvalue weighted by Crippen LogP contribution is 2.61. The van der Waals surface area contributed by atoms with Crippen LogP contribution in [-0.2, 0) is 0 Å². The average Bonchev–Trinajstić information content (AvgIpc) is 2.07. The molecule has 1 fully saturated rings. The maximum atomic E-state index is 12.3. The summed E-state index contributed by atoms with van der Waals surface area (Å²) in [5.74, 6) is -2.42. The maximum Gasteiger partial charge on any atom is 0.254 e. The van der Waals surface area contributed by atoms with E-state index in [1.807, 2.05) is 0 Å². The number of alkyl halides is 2. The lowest BCUT2D eigenvalue weighted by molar-refractivity contribution is 0.0678. The lowest BCUT2D eigenvalue weighted by Gasteiger charge is -2.05. The molecule has 54 valence electrons. The first-order chi connectivity index (χ1) is 4.02. The molecule has 0 aromatic heterocycles. The molecule has 1 aliphatic rings. The Labute approximate surface area is 53.2 Å². The van der Waals surface area contributed by atoms with Gasteiger partial charge in [0.05, 0.1) is 0 Å². The monoisotopic (exact) mass is 135 g/mol. The minimum atomic E-state index is -2.42. The third-order valence-corrected chi connectivity index (χ3v) is 2.07. The Morgan fingerprint density at radius 2 is 2.00 bits per heavy atom. The summed E-state index contributed by atoms with van der Waals surface area (Å²) in [4.78, 5) is 0. The second-order valence-corrected chi connectivity index (χ2v) is 2.98. The van der Waals surface area contributed by atoms with Crippen LogP contribution in [0.25, 0.3) is 0 Å². The Morgan fingerprint density at radius 1 is 1.56 bits per heavy atom. The second-order valence-electron chi connectivity index (χ2n) is 2.98. The Hall–Kier alpha value is -0.180. The Morgan fingerprint density at radius 3 is 2.11 bits per heavy atom. The van der Waals surface area contributed by atoms with Gasteiger partial charge in [0.15, 0.2) is 0 Å². The predicted octanol–water partition coefficient (Wildman–Crippen LogP) is 1.38. The van der Waals surface area contributed by atoms with Gasteiger partial charge in [-0.15, -0.1) is 0 Å². The highest BCUT2D eigenvalue weighted by molar-refractivity contribution is 5.06. The van der Waals surface area contributed by atoms with Gasteiger partial charge in [0.25, 0.3) is 5.92 Å². The normalized spacial score (nSPS) is 38.7. The van der Waals surface area contributed by atoms with Crippen molar-refractivity contribution < 1.29 is 8.78 Å². The van der Waals surface area contributed by atoms with Crippen LogP contribution >= 0.6 is 0 Å². The van der Waals surface area contributed by atoms with Gasteiger partial charge in [-0.25, -0.2) is 8.78 Å². The Bertz CT molecular complexity index is 124. The lowest BCUT2D eigenvalue weighted by atomic mass is 10.1. The first kappa shape index (κ1) is 6.93. The molecule has 0 aromatic carbocycles. The fraction of sp³-hybridized carbons (Fsp3) is 1.00. The molecule has 1 saturated carbocycles. The minimum Gasteiger partial charge on any atom is -0.330 e. The predicted molar refractivity (Wildman–Crippen MR) is 31.3 cm³/mol. The van der Waals surface area contributed by atoms with Crippen molar-refractivity contribution in [1.29, 1.82) is 0 Å². The minimum absolute atomic E-state index is 0.0250.